The Bertz CT molecular complexity index is 1730. The van der Waals surface area contributed by atoms with Crippen molar-refractivity contribution in [3.63, 3.8) is 0 Å². The summed E-state index contributed by atoms with van der Waals surface area (Å²) in [4.78, 5) is 17.9. The fourth-order valence-corrected chi connectivity index (χ4v) is 5.31. The Morgan fingerprint density at radius 3 is 2.56 bits per heavy atom. The summed E-state index contributed by atoms with van der Waals surface area (Å²) < 4.78 is 40.2. The van der Waals surface area contributed by atoms with Gasteiger partial charge >= 0.3 is 0 Å². The van der Waals surface area contributed by atoms with Gasteiger partial charge in [0.15, 0.2) is 11.5 Å². The lowest BCUT2D eigenvalue weighted by Gasteiger charge is -2.24. The van der Waals surface area contributed by atoms with Crippen molar-refractivity contribution in [3.8, 4) is 11.5 Å². The van der Waals surface area contributed by atoms with Crippen molar-refractivity contribution in [2.24, 2.45) is 12.0 Å². The van der Waals surface area contributed by atoms with Gasteiger partial charge in [0.1, 0.15) is 17.6 Å². The molecule has 0 aliphatic carbocycles. The van der Waals surface area contributed by atoms with Gasteiger partial charge in [-0.15, -0.1) is 0 Å². The summed E-state index contributed by atoms with van der Waals surface area (Å²) >= 11 is 0. The van der Waals surface area contributed by atoms with Crippen molar-refractivity contribution >= 4 is 44.4 Å². The molecule has 0 fully saturated rings. The second-order valence-corrected chi connectivity index (χ2v) is 13.1. The van der Waals surface area contributed by atoms with Gasteiger partial charge in [0.2, 0.25) is 10.0 Å². The van der Waals surface area contributed by atoms with Gasteiger partial charge in [-0.3, -0.25) is 14.5 Å². The van der Waals surface area contributed by atoms with Crippen LogP contribution in [0.1, 0.15) is 49.7 Å². The number of benzene rings is 2. The molecule has 43 heavy (non-hydrogen) atoms. The average Bonchev–Trinajstić information content (AvgIpc) is 3.25. The molecule has 230 valence electrons. The number of carbonyl (C=O) groups is 1. The van der Waals surface area contributed by atoms with E-state index in [-0.39, 0.29) is 16.9 Å². The van der Waals surface area contributed by atoms with Crippen molar-refractivity contribution in [1.82, 2.24) is 4.57 Å². The zero-order valence-electron chi connectivity index (χ0n) is 25.1. The van der Waals surface area contributed by atoms with Crippen LogP contribution in [0.15, 0.2) is 65.0 Å². The van der Waals surface area contributed by atoms with E-state index in [1.807, 2.05) is 39.0 Å². The predicted octanol–water partition coefficient (Wildman–Crippen LogP) is 4.47. The largest absolute Gasteiger partial charge is 0.492 e. The second-order valence-electron chi connectivity index (χ2n) is 11.3. The number of fused-ring (bicyclic) bond motifs is 1. The first-order valence-electron chi connectivity index (χ1n) is 13.7. The minimum Gasteiger partial charge on any atom is -0.492 e. The number of carbonyl (C=O) groups excluding carboxylic acids is 1. The van der Waals surface area contributed by atoms with Gasteiger partial charge in [-0.25, -0.2) is 8.42 Å². The van der Waals surface area contributed by atoms with Gasteiger partial charge < -0.3 is 29.6 Å². The fourth-order valence-electron chi connectivity index (χ4n) is 4.76. The van der Waals surface area contributed by atoms with Crippen LogP contribution in [-0.2, 0) is 22.5 Å². The maximum atomic E-state index is 13.7. The number of nitrogens with zero attached hydrogens (tertiary/aromatic N) is 2. The molecule has 4 rings (SSSR count). The summed E-state index contributed by atoms with van der Waals surface area (Å²) in [5.41, 5.74) is 2.46. The first-order valence-corrected chi connectivity index (χ1v) is 15.6. The third-order valence-electron chi connectivity index (χ3n) is 6.94. The zero-order valence-corrected chi connectivity index (χ0v) is 25.9. The molecule has 1 aliphatic rings. The molecule has 11 nitrogen and oxygen atoms in total. The quantitative estimate of drug-likeness (QED) is 0.279. The molecule has 0 bridgehead atoms. The highest BCUT2D eigenvalue weighted by atomic mass is 32.2. The Kier molecular flexibility index (Phi) is 9.33. The van der Waals surface area contributed by atoms with E-state index < -0.39 is 28.6 Å². The Morgan fingerprint density at radius 1 is 1.19 bits per heavy atom. The molecule has 1 aliphatic heterocycles. The van der Waals surface area contributed by atoms with Crippen molar-refractivity contribution in [3.05, 3.63) is 71.3 Å². The molecule has 1 unspecified atom stereocenters. The van der Waals surface area contributed by atoms with Crippen molar-refractivity contribution < 1.29 is 32.9 Å². The third kappa shape index (κ3) is 7.45. The number of anilines is 2. The molecular formula is C31H38N4O7S. The number of allylic oxidation sites excluding steroid dienone is 3. The maximum Gasteiger partial charge on any atom is 0.272 e. The summed E-state index contributed by atoms with van der Waals surface area (Å²) in [6, 6.07) is 10.8. The summed E-state index contributed by atoms with van der Waals surface area (Å²) in [6.45, 7) is 5.55. The maximum absolute atomic E-state index is 13.7. The number of aliphatic hydroxyl groups is 2. The van der Waals surface area contributed by atoms with Crippen molar-refractivity contribution in [1.29, 1.82) is 0 Å². The highest BCUT2D eigenvalue weighted by Crippen LogP contribution is 2.39. The summed E-state index contributed by atoms with van der Waals surface area (Å²) in [7, 11) is -0.441. The summed E-state index contributed by atoms with van der Waals surface area (Å²) in [5, 5.41) is 22.8. The zero-order chi connectivity index (χ0) is 31.5. The number of hydrogen-bond donors (Lipinski definition) is 4. The van der Waals surface area contributed by atoms with Crippen molar-refractivity contribution in [2.75, 3.05) is 30.0 Å². The fraction of sp³-hybridized carbons (Fsp3) is 0.355. The van der Waals surface area contributed by atoms with Crippen LogP contribution in [0.25, 0.3) is 10.9 Å². The molecule has 1 aromatic heterocycles. The second kappa shape index (κ2) is 12.6. The number of nitrogens with one attached hydrogen (secondary N) is 2. The number of para-hydroxylation sites is 1. The predicted molar refractivity (Wildman–Crippen MR) is 169 cm³/mol. The van der Waals surface area contributed by atoms with Gasteiger partial charge in [0.25, 0.3) is 5.91 Å². The number of aromatic nitrogens is 1. The van der Waals surface area contributed by atoms with Crippen LogP contribution in [0, 0.1) is 0 Å². The van der Waals surface area contributed by atoms with E-state index in [0.717, 1.165) is 17.2 Å². The van der Waals surface area contributed by atoms with Crippen LogP contribution in [0.4, 0.5) is 11.4 Å². The lowest BCUT2D eigenvalue weighted by Crippen LogP contribution is -2.19. The first-order chi connectivity index (χ1) is 20.2. The standard InChI is InChI=1S/C31H38N4O7S/c1-31(2,3)20-16-23(29(41-5)24(17-20)34-43(6,39)40)33-30(38)25-15-19-9-7-12-27(28(19)35(25)4)42-21-10-8-11-22(26(37)18-36)32-14-13-21/h7,9,11-17,26,34,36-37H,8,10,18H2,1-6H3,(H,33,38)/b21-13+,22-11+,32-14+. The summed E-state index contributed by atoms with van der Waals surface area (Å²) in [5.74, 6) is 0.964. The average molecular weight is 611 g/mol. The monoisotopic (exact) mass is 610 g/mol. The minimum atomic E-state index is -3.62. The number of methoxy groups -OCH3 is 1. The lowest BCUT2D eigenvalue weighted by atomic mass is 9.86. The van der Waals surface area contributed by atoms with Crippen LogP contribution in [0.2, 0.25) is 0 Å². The van der Waals surface area contributed by atoms with Gasteiger partial charge in [-0.1, -0.05) is 39.0 Å². The number of hydrogen-bond acceptors (Lipinski definition) is 8. The van der Waals surface area contributed by atoms with Gasteiger partial charge in [0, 0.05) is 25.1 Å². The SMILES string of the molecule is COc1c(NC(=O)c2cc3cccc(O/C4=C/C=N/C(C(O)CO)=C/CC4)c3n2C)cc(C(C)(C)C)cc1NS(C)(=O)=O. The van der Waals surface area contributed by atoms with E-state index in [1.54, 1.807) is 42.0 Å². The van der Waals surface area contributed by atoms with Crippen molar-refractivity contribution in [2.45, 2.75) is 45.1 Å². The molecule has 3 aromatic rings. The van der Waals surface area contributed by atoms with Crippen LogP contribution >= 0.6 is 0 Å². The summed E-state index contributed by atoms with van der Waals surface area (Å²) in [6.07, 6.45) is 6.11. The van der Waals surface area contributed by atoms with Crippen LogP contribution in [0.5, 0.6) is 11.5 Å². The number of rotatable bonds is 9. The number of aryl methyl sites for hydroxylation is 1. The highest BCUT2D eigenvalue weighted by Gasteiger charge is 2.24. The van der Waals surface area contributed by atoms with E-state index in [0.29, 0.717) is 46.9 Å². The first kappa shape index (κ1) is 31.8. The normalized spacial score (nSPS) is 18.0. The third-order valence-corrected chi connectivity index (χ3v) is 7.53. The Hall–Kier alpha value is -4.13. The Balaban J connectivity index is 1.68. The molecule has 12 heteroatoms. The smallest absolute Gasteiger partial charge is 0.272 e. The van der Waals surface area contributed by atoms with E-state index in [2.05, 4.69) is 15.0 Å². The topological polar surface area (TPSA) is 151 Å². The number of aliphatic imine (C=N–C) groups is 1. The molecule has 0 radical (unpaired) electrons. The molecule has 1 atom stereocenters. The highest BCUT2D eigenvalue weighted by molar-refractivity contribution is 7.92. The minimum absolute atomic E-state index is 0.191. The number of sulfonamides is 1. The molecule has 0 saturated heterocycles. The van der Waals surface area contributed by atoms with E-state index in [9.17, 15) is 23.4 Å². The van der Waals surface area contributed by atoms with Gasteiger partial charge in [-0.05, 0) is 47.7 Å². The molecule has 4 N–H and O–H groups in total. The van der Waals surface area contributed by atoms with Crippen LogP contribution in [-0.4, -0.2) is 61.4 Å². The number of amides is 1. The number of ether oxygens (including phenoxy) is 2. The van der Waals surface area contributed by atoms with Gasteiger partial charge in [-0.2, -0.15) is 0 Å². The molecule has 0 spiro atoms. The molecule has 2 aromatic carbocycles. The van der Waals surface area contributed by atoms with Crippen LogP contribution in [0.3, 0.4) is 0 Å². The molecule has 0 saturated carbocycles. The number of aliphatic hydroxyl groups excluding tert-OH is 2. The molecule has 2 heterocycles. The van der Waals surface area contributed by atoms with Gasteiger partial charge in [0.05, 0.1) is 42.6 Å². The molecule has 1 amide bonds. The Morgan fingerprint density at radius 2 is 1.91 bits per heavy atom. The van der Waals surface area contributed by atoms with Crippen LogP contribution < -0.4 is 19.5 Å². The lowest BCUT2D eigenvalue weighted by molar-refractivity contribution is 0.101. The van der Waals surface area contributed by atoms with E-state index in [4.69, 9.17) is 9.47 Å². The van der Waals surface area contributed by atoms with E-state index >= 15 is 0 Å². The molecular weight excluding hydrogens is 572 g/mol. The van der Waals surface area contributed by atoms with E-state index in [1.165, 1.54) is 13.3 Å². The Labute approximate surface area is 251 Å².